The van der Waals surface area contributed by atoms with Crippen LogP contribution in [0.4, 0.5) is 11.4 Å². The van der Waals surface area contributed by atoms with Crippen LogP contribution in [-0.2, 0) is 24.8 Å². The minimum Gasteiger partial charge on any atom is -0.484 e. The van der Waals surface area contributed by atoms with E-state index >= 15 is 0 Å². The minimum atomic E-state index is -3.89. The number of nitrogens with zero attached hydrogens (tertiary/aromatic N) is 1. The number of primary sulfonamides is 1. The number of nitrogens with two attached hydrogens (primary N) is 1. The SMILES string of the molecule is Cc1ccc(S(=O)(=O)N(C)c2ccc(OCC(=O)Nc3cccc(S(N)(=O)=O)c3)cc2)cc1. The lowest BCUT2D eigenvalue weighted by Crippen LogP contribution is -2.26. The monoisotopic (exact) mass is 489 g/mol. The molecule has 0 aliphatic rings. The number of ether oxygens (including phenoxy) is 1. The van der Waals surface area contributed by atoms with Gasteiger partial charge in [-0.25, -0.2) is 22.0 Å². The maximum absolute atomic E-state index is 12.8. The van der Waals surface area contributed by atoms with E-state index < -0.39 is 26.0 Å². The van der Waals surface area contributed by atoms with E-state index in [0.29, 0.717) is 11.4 Å². The van der Waals surface area contributed by atoms with Crippen molar-refractivity contribution in [3.63, 3.8) is 0 Å². The molecule has 0 unspecified atom stereocenters. The number of hydrogen-bond acceptors (Lipinski definition) is 6. The average Bonchev–Trinajstić information content (AvgIpc) is 2.77. The molecule has 0 atom stereocenters. The molecule has 0 aliphatic heterocycles. The second-order valence-corrected chi connectivity index (χ2v) is 10.7. The van der Waals surface area contributed by atoms with Crippen LogP contribution >= 0.6 is 0 Å². The molecular formula is C22H23N3O6S2. The Morgan fingerprint density at radius 3 is 2.18 bits per heavy atom. The molecule has 3 rings (SSSR count). The highest BCUT2D eigenvalue weighted by atomic mass is 32.2. The first-order chi connectivity index (χ1) is 15.5. The zero-order chi connectivity index (χ0) is 24.2. The fraction of sp³-hybridized carbons (Fsp3) is 0.136. The summed E-state index contributed by atoms with van der Waals surface area (Å²) < 4.78 is 55.0. The molecule has 0 aliphatic carbocycles. The van der Waals surface area contributed by atoms with Gasteiger partial charge in [-0.05, 0) is 61.5 Å². The molecule has 3 aromatic rings. The van der Waals surface area contributed by atoms with Crippen LogP contribution < -0.4 is 19.5 Å². The highest BCUT2D eigenvalue weighted by molar-refractivity contribution is 7.92. The number of benzene rings is 3. The summed E-state index contributed by atoms with van der Waals surface area (Å²) in [4.78, 5) is 12.2. The lowest BCUT2D eigenvalue weighted by atomic mass is 10.2. The topological polar surface area (TPSA) is 136 Å². The largest absolute Gasteiger partial charge is 0.484 e. The number of sulfonamides is 2. The number of amides is 1. The fourth-order valence-corrected chi connectivity index (χ4v) is 4.61. The quantitative estimate of drug-likeness (QED) is 0.499. The molecule has 0 spiro atoms. The molecular weight excluding hydrogens is 466 g/mol. The standard InChI is InChI=1S/C22H23N3O6S2/c1-16-6-12-20(13-7-16)33(29,30)25(2)18-8-10-19(11-9-18)31-15-22(26)24-17-4-3-5-21(14-17)32(23,27)28/h3-14H,15H2,1-2H3,(H,24,26)(H2,23,27,28). The first-order valence-corrected chi connectivity index (χ1v) is 12.7. The molecule has 0 heterocycles. The number of carbonyl (C=O) groups excluding carboxylic acids is 1. The van der Waals surface area contributed by atoms with Crippen molar-refractivity contribution in [3.8, 4) is 5.75 Å². The third-order valence-corrected chi connectivity index (χ3v) is 7.41. The van der Waals surface area contributed by atoms with Crippen molar-refractivity contribution in [1.29, 1.82) is 0 Å². The molecule has 0 saturated heterocycles. The minimum absolute atomic E-state index is 0.124. The van der Waals surface area contributed by atoms with Crippen LogP contribution in [0, 0.1) is 6.92 Å². The van der Waals surface area contributed by atoms with E-state index in [1.54, 1.807) is 48.5 Å². The second-order valence-electron chi connectivity index (χ2n) is 7.19. The average molecular weight is 490 g/mol. The maximum atomic E-state index is 12.8. The Kier molecular flexibility index (Phi) is 7.06. The van der Waals surface area contributed by atoms with Crippen LogP contribution in [-0.4, -0.2) is 36.4 Å². The second kappa shape index (κ2) is 9.61. The smallest absolute Gasteiger partial charge is 0.264 e. The van der Waals surface area contributed by atoms with Crippen LogP contribution in [0.25, 0.3) is 0 Å². The molecule has 0 bridgehead atoms. The van der Waals surface area contributed by atoms with Crippen molar-refractivity contribution in [2.45, 2.75) is 16.7 Å². The summed E-state index contributed by atoms with van der Waals surface area (Å²) in [5.74, 6) is -0.155. The molecule has 174 valence electrons. The lowest BCUT2D eigenvalue weighted by Gasteiger charge is -2.20. The van der Waals surface area contributed by atoms with E-state index in [-0.39, 0.29) is 22.1 Å². The zero-order valence-electron chi connectivity index (χ0n) is 17.9. The molecule has 9 nitrogen and oxygen atoms in total. The van der Waals surface area contributed by atoms with E-state index in [1.807, 2.05) is 6.92 Å². The number of carbonyl (C=O) groups is 1. The highest BCUT2D eigenvalue weighted by Crippen LogP contribution is 2.24. The van der Waals surface area contributed by atoms with E-state index in [9.17, 15) is 21.6 Å². The molecule has 3 N–H and O–H groups in total. The summed E-state index contributed by atoms with van der Waals surface area (Å²) in [6.45, 7) is 1.54. The van der Waals surface area contributed by atoms with Crippen molar-refractivity contribution in [2.75, 3.05) is 23.3 Å². The number of anilines is 2. The summed E-state index contributed by atoms with van der Waals surface area (Å²) in [7, 11) is -6.15. The van der Waals surface area contributed by atoms with E-state index in [0.717, 1.165) is 9.87 Å². The van der Waals surface area contributed by atoms with Gasteiger partial charge in [0.25, 0.3) is 15.9 Å². The maximum Gasteiger partial charge on any atom is 0.264 e. The highest BCUT2D eigenvalue weighted by Gasteiger charge is 2.21. The third kappa shape index (κ3) is 6.09. The van der Waals surface area contributed by atoms with Gasteiger partial charge >= 0.3 is 0 Å². The molecule has 0 radical (unpaired) electrons. The third-order valence-electron chi connectivity index (χ3n) is 4.70. The molecule has 0 aromatic heterocycles. The van der Waals surface area contributed by atoms with Gasteiger partial charge in [-0.15, -0.1) is 0 Å². The lowest BCUT2D eigenvalue weighted by molar-refractivity contribution is -0.118. The fourth-order valence-electron chi connectivity index (χ4n) is 2.86. The zero-order valence-corrected chi connectivity index (χ0v) is 19.6. The Morgan fingerprint density at radius 2 is 1.58 bits per heavy atom. The van der Waals surface area contributed by atoms with Crippen LogP contribution in [0.3, 0.4) is 0 Å². The molecule has 0 fully saturated rings. The number of aryl methyl sites for hydroxylation is 1. The molecule has 1 amide bonds. The number of hydrogen-bond donors (Lipinski definition) is 2. The van der Waals surface area contributed by atoms with Gasteiger partial charge < -0.3 is 10.1 Å². The van der Waals surface area contributed by atoms with Crippen molar-refractivity contribution >= 4 is 37.3 Å². The van der Waals surface area contributed by atoms with E-state index in [4.69, 9.17) is 9.88 Å². The van der Waals surface area contributed by atoms with Crippen molar-refractivity contribution in [3.05, 3.63) is 78.4 Å². The summed E-state index contributed by atoms with van der Waals surface area (Å²) in [6.07, 6.45) is 0. The van der Waals surface area contributed by atoms with Gasteiger partial charge in [0.05, 0.1) is 15.5 Å². The Hall–Kier alpha value is -3.41. The number of nitrogens with one attached hydrogen (secondary N) is 1. The summed E-state index contributed by atoms with van der Waals surface area (Å²) >= 11 is 0. The van der Waals surface area contributed by atoms with Gasteiger partial charge in [-0.1, -0.05) is 23.8 Å². The van der Waals surface area contributed by atoms with E-state index in [1.165, 1.54) is 31.3 Å². The Labute approximate surface area is 192 Å². The molecule has 11 heteroatoms. The molecule has 3 aromatic carbocycles. The van der Waals surface area contributed by atoms with Gasteiger partial charge in [-0.3, -0.25) is 9.10 Å². The van der Waals surface area contributed by atoms with Crippen LogP contribution in [0.2, 0.25) is 0 Å². The van der Waals surface area contributed by atoms with Gasteiger partial charge in [0, 0.05) is 12.7 Å². The van der Waals surface area contributed by atoms with Crippen molar-refractivity contribution < 1.29 is 26.4 Å². The normalized spacial score (nSPS) is 11.6. The summed E-state index contributed by atoms with van der Waals surface area (Å²) in [5.41, 5.74) is 1.64. The van der Waals surface area contributed by atoms with E-state index in [2.05, 4.69) is 5.32 Å². The summed E-state index contributed by atoms with van der Waals surface area (Å²) in [5, 5.41) is 7.61. The van der Waals surface area contributed by atoms with Crippen LogP contribution in [0.5, 0.6) is 5.75 Å². The predicted octanol–water partition coefficient (Wildman–Crippen LogP) is 2.49. The molecule has 33 heavy (non-hydrogen) atoms. The van der Waals surface area contributed by atoms with Crippen LogP contribution in [0.1, 0.15) is 5.56 Å². The Bertz CT molecular complexity index is 1350. The van der Waals surface area contributed by atoms with Crippen LogP contribution in [0.15, 0.2) is 82.6 Å². The van der Waals surface area contributed by atoms with Gasteiger partial charge in [0.15, 0.2) is 6.61 Å². The Balaban J connectivity index is 1.61. The molecule has 0 saturated carbocycles. The summed E-state index contributed by atoms with van der Waals surface area (Å²) in [6, 6.07) is 18.3. The van der Waals surface area contributed by atoms with Gasteiger partial charge in [0.2, 0.25) is 10.0 Å². The van der Waals surface area contributed by atoms with Gasteiger partial charge in [-0.2, -0.15) is 0 Å². The van der Waals surface area contributed by atoms with Crippen molar-refractivity contribution in [2.24, 2.45) is 5.14 Å². The first kappa shape index (κ1) is 24.2. The first-order valence-electron chi connectivity index (χ1n) is 9.68. The van der Waals surface area contributed by atoms with Gasteiger partial charge in [0.1, 0.15) is 5.75 Å². The van der Waals surface area contributed by atoms with Crippen molar-refractivity contribution in [1.82, 2.24) is 0 Å². The number of rotatable bonds is 8. The Morgan fingerprint density at radius 1 is 0.939 bits per heavy atom. The predicted molar refractivity (Wildman–Crippen MR) is 125 cm³/mol.